The van der Waals surface area contributed by atoms with Crippen LogP contribution in [0.15, 0.2) is 4.99 Å². The van der Waals surface area contributed by atoms with Crippen LogP contribution in [-0.4, -0.2) is 63.3 Å². The summed E-state index contributed by atoms with van der Waals surface area (Å²) in [5.41, 5.74) is 0.142. The van der Waals surface area contributed by atoms with E-state index in [4.69, 9.17) is 9.73 Å². The number of rotatable bonds is 8. The number of aliphatic imine (C=N–C) groups is 1. The largest absolute Gasteiger partial charge is 0.381 e. The Morgan fingerprint density at radius 2 is 1.84 bits per heavy atom. The highest BCUT2D eigenvalue weighted by molar-refractivity contribution is 5.79. The quantitative estimate of drug-likeness (QED) is 0.400. The molecular weight excluding hydrogens is 312 g/mol. The van der Waals surface area contributed by atoms with Crippen LogP contribution in [0, 0.1) is 5.92 Å². The van der Waals surface area contributed by atoms with Crippen molar-refractivity contribution in [2.24, 2.45) is 10.9 Å². The first-order valence-electron chi connectivity index (χ1n) is 10.4. The summed E-state index contributed by atoms with van der Waals surface area (Å²) < 4.78 is 5.56. The molecule has 2 aliphatic rings. The van der Waals surface area contributed by atoms with Crippen molar-refractivity contribution < 1.29 is 4.74 Å². The Morgan fingerprint density at radius 1 is 1.12 bits per heavy atom. The lowest BCUT2D eigenvalue weighted by atomic mass is 9.86. The molecule has 1 saturated heterocycles. The third-order valence-corrected chi connectivity index (χ3v) is 6.05. The van der Waals surface area contributed by atoms with Crippen molar-refractivity contribution in [2.75, 3.05) is 46.9 Å². The first-order chi connectivity index (χ1) is 12.2. The van der Waals surface area contributed by atoms with Gasteiger partial charge in [-0.1, -0.05) is 32.1 Å². The van der Waals surface area contributed by atoms with Crippen LogP contribution in [0.25, 0.3) is 0 Å². The van der Waals surface area contributed by atoms with E-state index >= 15 is 0 Å². The Bertz CT molecular complexity index is 385. The average molecular weight is 353 g/mol. The minimum absolute atomic E-state index is 0.142. The van der Waals surface area contributed by atoms with Crippen LogP contribution < -0.4 is 10.6 Å². The predicted octanol–water partition coefficient (Wildman–Crippen LogP) is 3.01. The van der Waals surface area contributed by atoms with Crippen LogP contribution in [0.4, 0.5) is 0 Å². The molecule has 0 radical (unpaired) electrons. The Labute approximate surface area is 155 Å². The summed E-state index contributed by atoms with van der Waals surface area (Å²) in [6, 6.07) is 0. The molecule has 1 aliphatic carbocycles. The van der Waals surface area contributed by atoms with Gasteiger partial charge < -0.3 is 20.3 Å². The van der Waals surface area contributed by atoms with Gasteiger partial charge in [-0.3, -0.25) is 4.99 Å². The zero-order valence-corrected chi connectivity index (χ0v) is 16.8. The van der Waals surface area contributed by atoms with Gasteiger partial charge >= 0.3 is 0 Å². The molecule has 1 saturated carbocycles. The molecule has 1 heterocycles. The third-order valence-electron chi connectivity index (χ3n) is 6.05. The van der Waals surface area contributed by atoms with Crippen LogP contribution in [0.2, 0.25) is 0 Å². The molecule has 0 atom stereocenters. The summed E-state index contributed by atoms with van der Waals surface area (Å²) in [5, 5.41) is 6.95. The fourth-order valence-electron chi connectivity index (χ4n) is 4.14. The molecule has 0 aromatic heterocycles. The maximum absolute atomic E-state index is 5.56. The summed E-state index contributed by atoms with van der Waals surface area (Å²) in [5.74, 6) is 1.94. The van der Waals surface area contributed by atoms with Crippen molar-refractivity contribution in [3.63, 3.8) is 0 Å². The number of ether oxygens (including phenoxy) is 1. The van der Waals surface area contributed by atoms with E-state index in [1.165, 1.54) is 44.9 Å². The van der Waals surface area contributed by atoms with Gasteiger partial charge in [-0.2, -0.15) is 0 Å². The van der Waals surface area contributed by atoms with Crippen molar-refractivity contribution in [2.45, 2.75) is 70.3 Å². The van der Waals surface area contributed by atoms with Crippen molar-refractivity contribution in [1.82, 2.24) is 15.5 Å². The summed E-state index contributed by atoms with van der Waals surface area (Å²) in [4.78, 5) is 7.25. The molecule has 0 aromatic rings. The van der Waals surface area contributed by atoms with Crippen molar-refractivity contribution in [3.8, 4) is 0 Å². The molecule has 0 amide bonds. The first-order valence-corrected chi connectivity index (χ1v) is 10.4. The Balaban J connectivity index is 1.78. The second-order valence-electron chi connectivity index (χ2n) is 8.00. The molecule has 1 aliphatic heterocycles. The number of hydrogen-bond acceptors (Lipinski definition) is 3. The van der Waals surface area contributed by atoms with E-state index in [-0.39, 0.29) is 5.54 Å². The number of hydrogen-bond donors (Lipinski definition) is 2. The van der Waals surface area contributed by atoms with E-state index < -0.39 is 0 Å². The van der Waals surface area contributed by atoms with Gasteiger partial charge in [-0.25, -0.2) is 0 Å². The average Bonchev–Trinajstić information content (AvgIpc) is 2.64. The summed E-state index contributed by atoms with van der Waals surface area (Å²) >= 11 is 0. The van der Waals surface area contributed by atoms with E-state index in [9.17, 15) is 0 Å². The molecule has 146 valence electrons. The predicted molar refractivity (Wildman–Crippen MR) is 106 cm³/mol. The standard InChI is InChI=1S/C20H40N4O/c1-4-21-19(22-14-8-11-18-9-6-5-7-10-18)23-17-20(24(2)3)12-15-25-16-13-20/h18H,4-17H2,1-3H3,(H2,21,22,23). The van der Waals surface area contributed by atoms with Crippen LogP contribution in [0.1, 0.15) is 64.7 Å². The van der Waals surface area contributed by atoms with Crippen LogP contribution >= 0.6 is 0 Å². The molecule has 2 rings (SSSR count). The molecule has 25 heavy (non-hydrogen) atoms. The van der Waals surface area contributed by atoms with Crippen LogP contribution in [0.5, 0.6) is 0 Å². The van der Waals surface area contributed by atoms with E-state index in [0.717, 1.165) is 57.6 Å². The molecule has 2 fully saturated rings. The van der Waals surface area contributed by atoms with Gasteiger partial charge in [0.05, 0.1) is 6.54 Å². The zero-order chi connectivity index (χ0) is 18.0. The highest BCUT2D eigenvalue weighted by Crippen LogP contribution is 2.27. The van der Waals surface area contributed by atoms with Crippen LogP contribution in [-0.2, 0) is 4.74 Å². The Hall–Kier alpha value is -0.810. The fourth-order valence-corrected chi connectivity index (χ4v) is 4.14. The number of nitrogens with zero attached hydrogens (tertiary/aromatic N) is 2. The molecule has 0 bridgehead atoms. The highest BCUT2D eigenvalue weighted by atomic mass is 16.5. The highest BCUT2D eigenvalue weighted by Gasteiger charge is 2.34. The Morgan fingerprint density at radius 3 is 2.48 bits per heavy atom. The SMILES string of the molecule is CCNC(=NCC1(N(C)C)CCOCC1)NCCCC1CCCCC1. The topological polar surface area (TPSA) is 48.9 Å². The lowest BCUT2D eigenvalue weighted by molar-refractivity contribution is -0.00254. The van der Waals surface area contributed by atoms with Crippen molar-refractivity contribution >= 4 is 5.96 Å². The lowest BCUT2D eigenvalue weighted by Crippen LogP contribution is -2.51. The smallest absolute Gasteiger partial charge is 0.191 e. The number of likely N-dealkylation sites (N-methyl/N-ethyl adjacent to an activating group) is 1. The minimum Gasteiger partial charge on any atom is -0.381 e. The number of guanidine groups is 1. The van der Waals surface area contributed by atoms with Gasteiger partial charge in [-0.15, -0.1) is 0 Å². The molecule has 2 N–H and O–H groups in total. The maximum Gasteiger partial charge on any atom is 0.191 e. The molecule has 0 spiro atoms. The molecule has 0 unspecified atom stereocenters. The Kier molecular flexibility index (Phi) is 9.04. The molecule has 0 aromatic carbocycles. The van der Waals surface area contributed by atoms with Gasteiger partial charge in [-0.05, 0) is 52.6 Å². The van der Waals surface area contributed by atoms with E-state index in [1.54, 1.807) is 0 Å². The van der Waals surface area contributed by atoms with Gasteiger partial charge in [0.15, 0.2) is 5.96 Å². The van der Waals surface area contributed by atoms with Crippen LogP contribution in [0.3, 0.4) is 0 Å². The fraction of sp³-hybridized carbons (Fsp3) is 0.950. The monoisotopic (exact) mass is 352 g/mol. The minimum atomic E-state index is 0.142. The number of nitrogens with one attached hydrogen (secondary N) is 2. The normalized spacial score (nSPS) is 22.2. The van der Waals surface area contributed by atoms with E-state index in [2.05, 4.69) is 36.6 Å². The summed E-state index contributed by atoms with van der Waals surface area (Å²) in [7, 11) is 4.34. The second-order valence-corrected chi connectivity index (χ2v) is 8.00. The molecule has 5 nitrogen and oxygen atoms in total. The summed E-state index contributed by atoms with van der Waals surface area (Å²) in [6.45, 7) is 6.60. The molecule has 5 heteroatoms. The molecular formula is C20H40N4O. The van der Waals surface area contributed by atoms with E-state index in [1.807, 2.05) is 0 Å². The third kappa shape index (κ3) is 6.78. The van der Waals surface area contributed by atoms with Gasteiger partial charge in [0.25, 0.3) is 0 Å². The van der Waals surface area contributed by atoms with Crippen molar-refractivity contribution in [1.29, 1.82) is 0 Å². The van der Waals surface area contributed by atoms with Gasteiger partial charge in [0.1, 0.15) is 0 Å². The second kappa shape index (κ2) is 11.0. The maximum atomic E-state index is 5.56. The first kappa shape index (κ1) is 20.5. The lowest BCUT2D eigenvalue weighted by Gasteiger charge is -2.41. The van der Waals surface area contributed by atoms with Gasteiger partial charge in [0.2, 0.25) is 0 Å². The zero-order valence-electron chi connectivity index (χ0n) is 16.8. The summed E-state index contributed by atoms with van der Waals surface area (Å²) in [6.07, 6.45) is 12.0. The van der Waals surface area contributed by atoms with Crippen molar-refractivity contribution in [3.05, 3.63) is 0 Å². The van der Waals surface area contributed by atoms with E-state index in [0.29, 0.717) is 0 Å². The van der Waals surface area contributed by atoms with Gasteiger partial charge in [0, 0.05) is 31.8 Å².